The zero-order chi connectivity index (χ0) is 14.9. The second-order valence-electron chi connectivity index (χ2n) is 5.17. The minimum atomic E-state index is -3.08. The Labute approximate surface area is 123 Å². The predicted octanol–water partition coefficient (Wildman–Crippen LogP) is 1.34. The number of likely N-dealkylation sites (tertiary alicyclic amines) is 1. The summed E-state index contributed by atoms with van der Waals surface area (Å²) in [6.07, 6.45) is 3.51. The Hall–Kier alpha value is -1.15. The highest BCUT2D eigenvalue weighted by atomic mass is 32.2. The molecule has 20 heavy (non-hydrogen) atoms. The second kappa shape index (κ2) is 5.69. The van der Waals surface area contributed by atoms with Crippen LogP contribution in [0.2, 0.25) is 0 Å². The van der Waals surface area contributed by atoms with Crippen molar-refractivity contribution in [3.63, 3.8) is 0 Å². The first-order valence-electron chi connectivity index (χ1n) is 6.44. The third kappa shape index (κ3) is 3.49. The monoisotopic (exact) mass is 317 g/mol. The van der Waals surface area contributed by atoms with E-state index in [1.165, 1.54) is 6.26 Å². The fourth-order valence-corrected chi connectivity index (χ4v) is 3.93. The molecular formula is C12H19N3O3S2. The third-order valence-electron chi connectivity index (χ3n) is 3.39. The highest BCUT2D eigenvalue weighted by Crippen LogP contribution is 2.20. The molecule has 1 aliphatic heterocycles. The first-order valence-corrected chi connectivity index (χ1v) is 9.21. The van der Waals surface area contributed by atoms with Gasteiger partial charge in [0.1, 0.15) is 5.01 Å². The van der Waals surface area contributed by atoms with Crippen LogP contribution in [0.5, 0.6) is 0 Å². The third-order valence-corrected chi connectivity index (χ3v) is 6.08. The first-order chi connectivity index (χ1) is 9.27. The molecule has 1 aromatic rings. The van der Waals surface area contributed by atoms with Gasteiger partial charge >= 0.3 is 6.03 Å². The van der Waals surface area contributed by atoms with Gasteiger partial charge in [0.25, 0.3) is 0 Å². The molecule has 0 spiro atoms. The van der Waals surface area contributed by atoms with Crippen molar-refractivity contribution in [1.29, 1.82) is 0 Å². The molecule has 2 amide bonds. The molecule has 0 radical (unpaired) electrons. The molecule has 0 saturated carbocycles. The molecule has 2 heterocycles. The minimum absolute atomic E-state index is 0.168. The van der Waals surface area contributed by atoms with E-state index in [0.29, 0.717) is 13.0 Å². The van der Waals surface area contributed by atoms with Crippen LogP contribution in [0, 0.1) is 6.92 Å². The highest BCUT2D eigenvalue weighted by Gasteiger charge is 2.33. The van der Waals surface area contributed by atoms with Crippen LogP contribution in [0.3, 0.4) is 0 Å². The number of nitrogens with one attached hydrogen (secondary N) is 1. The van der Waals surface area contributed by atoms with Crippen molar-refractivity contribution >= 4 is 27.2 Å². The van der Waals surface area contributed by atoms with Gasteiger partial charge in [-0.2, -0.15) is 0 Å². The van der Waals surface area contributed by atoms with Gasteiger partial charge in [-0.25, -0.2) is 18.2 Å². The number of amides is 2. The van der Waals surface area contributed by atoms with Gasteiger partial charge in [-0.05, 0) is 20.3 Å². The van der Waals surface area contributed by atoms with Gasteiger partial charge in [0.05, 0.1) is 11.3 Å². The Morgan fingerprint density at radius 2 is 2.30 bits per heavy atom. The largest absolute Gasteiger partial charge is 0.329 e. The SMILES string of the molecule is Cc1cnc(C(C)NC(=O)N2CCC(S(C)(=O)=O)C2)s1. The number of nitrogens with zero attached hydrogens (tertiary/aromatic N) is 2. The zero-order valence-corrected chi connectivity index (χ0v) is 13.4. The summed E-state index contributed by atoms with van der Waals surface area (Å²) in [4.78, 5) is 19.0. The van der Waals surface area contributed by atoms with Gasteiger partial charge in [-0.1, -0.05) is 0 Å². The molecule has 1 aliphatic rings. The Morgan fingerprint density at radius 3 is 2.80 bits per heavy atom. The van der Waals surface area contributed by atoms with Crippen LogP contribution < -0.4 is 5.32 Å². The first kappa shape index (κ1) is 15.2. The molecule has 0 bridgehead atoms. The molecule has 0 aliphatic carbocycles. The summed E-state index contributed by atoms with van der Waals surface area (Å²) < 4.78 is 23.0. The number of aromatic nitrogens is 1. The number of sulfone groups is 1. The fraction of sp³-hybridized carbons (Fsp3) is 0.667. The van der Waals surface area contributed by atoms with Crippen LogP contribution in [0.4, 0.5) is 4.79 Å². The normalized spacial score (nSPS) is 20.9. The summed E-state index contributed by atoms with van der Waals surface area (Å²) in [5, 5.41) is 3.28. The predicted molar refractivity (Wildman–Crippen MR) is 78.6 cm³/mol. The van der Waals surface area contributed by atoms with Crippen molar-refractivity contribution in [2.24, 2.45) is 0 Å². The summed E-state index contributed by atoms with van der Waals surface area (Å²) in [7, 11) is -3.08. The summed E-state index contributed by atoms with van der Waals surface area (Å²) >= 11 is 1.54. The van der Waals surface area contributed by atoms with Crippen molar-refractivity contribution < 1.29 is 13.2 Å². The second-order valence-corrected chi connectivity index (χ2v) is 8.76. The number of carbonyl (C=O) groups is 1. The summed E-state index contributed by atoms with van der Waals surface area (Å²) in [5.74, 6) is 0. The lowest BCUT2D eigenvalue weighted by Gasteiger charge is -2.19. The number of urea groups is 1. The van der Waals surface area contributed by atoms with Crippen molar-refractivity contribution in [3.8, 4) is 0 Å². The van der Waals surface area contributed by atoms with Gasteiger partial charge in [0.2, 0.25) is 0 Å². The summed E-state index contributed by atoms with van der Waals surface area (Å²) in [6.45, 7) is 4.59. The van der Waals surface area contributed by atoms with E-state index in [9.17, 15) is 13.2 Å². The lowest BCUT2D eigenvalue weighted by Crippen LogP contribution is -2.40. The van der Waals surface area contributed by atoms with Crippen LogP contribution in [0.25, 0.3) is 0 Å². The average molecular weight is 317 g/mol. The van der Waals surface area contributed by atoms with Crippen molar-refractivity contribution in [2.75, 3.05) is 19.3 Å². The number of rotatable bonds is 3. The zero-order valence-electron chi connectivity index (χ0n) is 11.8. The van der Waals surface area contributed by atoms with E-state index >= 15 is 0 Å². The van der Waals surface area contributed by atoms with Gasteiger partial charge in [-0.15, -0.1) is 11.3 Å². The quantitative estimate of drug-likeness (QED) is 0.912. The number of aryl methyl sites for hydroxylation is 1. The van der Waals surface area contributed by atoms with Crippen molar-refractivity contribution in [3.05, 3.63) is 16.1 Å². The van der Waals surface area contributed by atoms with E-state index in [0.717, 1.165) is 9.88 Å². The Balaban J connectivity index is 1.93. The summed E-state index contributed by atoms with van der Waals surface area (Å²) in [6, 6.07) is -0.394. The summed E-state index contributed by atoms with van der Waals surface area (Å²) in [5.41, 5.74) is 0. The molecule has 1 saturated heterocycles. The van der Waals surface area contributed by atoms with Crippen LogP contribution in [0.15, 0.2) is 6.20 Å². The molecule has 2 rings (SSSR count). The Bertz CT molecular complexity index is 597. The van der Waals surface area contributed by atoms with E-state index in [-0.39, 0.29) is 18.6 Å². The van der Waals surface area contributed by atoms with Crippen LogP contribution in [-0.4, -0.2) is 48.9 Å². The molecule has 1 N–H and O–H groups in total. The van der Waals surface area contributed by atoms with Crippen molar-refractivity contribution in [1.82, 2.24) is 15.2 Å². The molecule has 1 aromatic heterocycles. The van der Waals surface area contributed by atoms with Gasteiger partial charge < -0.3 is 10.2 Å². The molecular weight excluding hydrogens is 298 g/mol. The molecule has 2 unspecified atom stereocenters. The smallest absolute Gasteiger partial charge is 0.317 e. The number of thiazole rings is 1. The van der Waals surface area contributed by atoms with E-state index < -0.39 is 15.1 Å². The Morgan fingerprint density at radius 1 is 1.60 bits per heavy atom. The molecule has 112 valence electrons. The maximum atomic E-state index is 12.1. The van der Waals surface area contributed by atoms with Crippen LogP contribution in [-0.2, 0) is 9.84 Å². The topological polar surface area (TPSA) is 79.4 Å². The maximum absolute atomic E-state index is 12.1. The van der Waals surface area contributed by atoms with Crippen LogP contribution in [0.1, 0.15) is 29.3 Å². The molecule has 8 heteroatoms. The van der Waals surface area contributed by atoms with E-state index in [1.807, 2.05) is 13.8 Å². The lowest BCUT2D eigenvalue weighted by molar-refractivity contribution is 0.205. The minimum Gasteiger partial charge on any atom is -0.329 e. The van der Waals surface area contributed by atoms with Gasteiger partial charge in [0.15, 0.2) is 9.84 Å². The van der Waals surface area contributed by atoms with E-state index in [4.69, 9.17) is 0 Å². The Kier molecular flexibility index (Phi) is 4.33. The van der Waals surface area contributed by atoms with E-state index in [1.54, 1.807) is 22.4 Å². The number of hydrogen-bond acceptors (Lipinski definition) is 5. The molecule has 0 aromatic carbocycles. The standard InChI is InChI=1S/C12H19N3O3S2/c1-8-6-13-11(19-8)9(2)14-12(16)15-5-4-10(7-15)20(3,17)18/h6,9-10H,4-5,7H2,1-3H3,(H,14,16). The maximum Gasteiger partial charge on any atom is 0.317 e. The molecule has 2 atom stereocenters. The van der Waals surface area contributed by atoms with Crippen LogP contribution >= 0.6 is 11.3 Å². The van der Waals surface area contributed by atoms with Crippen molar-refractivity contribution in [2.45, 2.75) is 31.6 Å². The molecule has 1 fully saturated rings. The number of hydrogen-bond donors (Lipinski definition) is 1. The number of carbonyl (C=O) groups excluding carboxylic acids is 1. The lowest BCUT2D eigenvalue weighted by atomic mass is 10.3. The average Bonchev–Trinajstić information content (AvgIpc) is 2.95. The van der Waals surface area contributed by atoms with E-state index in [2.05, 4.69) is 10.3 Å². The fourth-order valence-electron chi connectivity index (χ4n) is 2.17. The molecule has 6 nitrogen and oxygen atoms in total. The van der Waals surface area contributed by atoms with Gasteiger partial charge in [0, 0.05) is 30.4 Å². The van der Waals surface area contributed by atoms with Gasteiger partial charge in [-0.3, -0.25) is 0 Å². The highest BCUT2D eigenvalue weighted by molar-refractivity contribution is 7.91.